The summed E-state index contributed by atoms with van der Waals surface area (Å²) >= 11 is 0. The van der Waals surface area contributed by atoms with E-state index in [2.05, 4.69) is 5.32 Å². The van der Waals surface area contributed by atoms with Gasteiger partial charge in [0, 0.05) is 12.2 Å². The highest BCUT2D eigenvalue weighted by atomic mass is 16.2. The van der Waals surface area contributed by atoms with Gasteiger partial charge in [-0.15, -0.1) is 0 Å². The lowest BCUT2D eigenvalue weighted by Gasteiger charge is -2.16. The summed E-state index contributed by atoms with van der Waals surface area (Å²) in [7, 11) is 0. The van der Waals surface area contributed by atoms with Gasteiger partial charge in [-0.2, -0.15) is 0 Å². The summed E-state index contributed by atoms with van der Waals surface area (Å²) in [6.07, 6.45) is 3.28. The van der Waals surface area contributed by atoms with Crippen LogP contribution in [-0.2, 0) is 25.6 Å². The Labute approximate surface area is 134 Å². The zero-order chi connectivity index (χ0) is 17.0. The van der Waals surface area contributed by atoms with Crippen molar-refractivity contribution in [3.63, 3.8) is 0 Å². The molecule has 6 nitrogen and oxygen atoms in total. The Morgan fingerprint density at radius 1 is 1.13 bits per heavy atom. The number of carbonyl (C=O) groups excluding carboxylic acids is 4. The summed E-state index contributed by atoms with van der Waals surface area (Å²) in [5, 5.41) is 2.66. The van der Waals surface area contributed by atoms with E-state index < -0.39 is 6.04 Å². The number of aldehydes is 1. The third-order valence-electron chi connectivity index (χ3n) is 3.56. The molecule has 0 saturated heterocycles. The van der Waals surface area contributed by atoms with Gasteiger partial charge in [0.05, 0.1) is 18.2 Å². The smallest absolute Gasteiger partial charge is 0.258 e. The molecule has 1 aliphatic heterocycles. The van der Waals surface area contributed by atoms with Gasteiger partial charge in [0.25, 0.3) is 11.8 Å². The van der Waals surface area contributed by atoms with Gasteiger partial charge in [-0.05, 0) is 23.6 Å². The van der Waals surface area contributed by atoms with E-state index in [1.165, 1.54) is 12.2 Å². The summed E-state index contributed by atoms with van der Waals surface area (Å²) in [5.74, 6) is -0.991. The van der Waals surface area contributed by atoms with Crippen LogP contribution in [0.25, 0.3) is 0 Å². The molecule has 1 aliphatic rings. The van der Waals surface area contributed by atoms with E-state index in [0.717, 1.165) is 16.7 Å². The molecule has 0 spiro atoms. The Balaban J connectivity index is 2.00. The van der Waals surface area contributed by atoms with Crippen molar-refractivity contribution in [3.05, 3.63) is 42.0 Å². The van der Waals surface area contributed by atoms with Crippen LogP contribution in [0.3, 0.4) is 0 Å². The Kier molecular flexibility index (Phi) is 5.05. The molecule has 1 aromatic carbocycles. The molecule has 1 aromatic rings. The Morgan fingerprint density at radius 2 is 1.70 bits per heavy atom. The third kappa shape index (κ3) is 3.91. The van der Waals surface area contributed by atoms with Crippen LogP contribution in [0.2, 0.25) is 0 Å². The third-order valence-corrected chi connectivity index (χ3v) is 3.56. The highest BCUT2D eigenvalue weighted by molar-refractivity contribution is 6.28. The van der Waals surface area contributed by atoms with E-state index in [0.29, 0.717) is 5.69 Å². The number of benzene rings is 1. The zero-order valence-corrected chi connectivity index (χ0v) is 13.0. The monoisotopic (exact) mass is 314 g/mol. The first-order chi connectivity index (χ1) is 10.9. The van der Waals surface area contributed by atoms with E-state index in [4.69, 9.17) is 0 Å². The Hall–Kier alpha value is -2.76. The Bertz CT molecular complexity index is 644. The number of rotatable bonds is 6. The van der Waals surface area contributed by atoms with Gasteiger partial charge < -0.3 is 10.1 Å². The molecule has 2 rings (SSSR count). The molecular weight excluding hydrogens is 296 g/mol. The number of carbonyl (C=O) groups is 4. The van der Waals surface area contributed by atoms with Gasteiger partial charge in [-0.25, -0.2) is 4.90 Å². The molecule has 0 saturated carbocycles. The van der Waals surface area contributed by atoms with E-state index in [1.54, 1.807) is 24.3 Å². The summed E-state index contributed by atoms with van der Waals surface area (Å²) in [4.78, 5) is 47.1. The molecule has 1 heterocycles. The van der Waals surface area contributed by atoms with Crippen LogP contribution < -0.4 is 10.2 Å². The van der Waals surface area contributed by atoms with Crippen molar-refractivity contribution in [3.8, 4) is 0 Å². The lowest BCUT2D eigenvalue weighted by Crippen LogP contribution is -2.40. The average Bonchev–Trinajstić information content (AvgIpc) is 2.84. The van der Waals surface area contributed by atoms with Crippen LogP contribution in [-0.4, -0.2) is 30.0 Å². The van der Waals surface area contributed by atoms with Crippen molar-refractivity contribution in [1.29, 1.82) is 0 Å². The van der Waals surface area contributed by atoms with Gasteiger partial charge >= 0.3 is 0 Å². The minimum atomic E-state index is -0.507. The van der Waals surface area contributed by atoms with Gasteiger partial charge in [0.1, 0.15) is 6.29 Å². The average molecular weight is 314 g/mol. The van der Waals surface area contributed by atoms with Crippen LogP contribution in [0.15, 0.2) is 36.4 Å². The second-order valence-corrected chi connectivity index (χ2v) is 5.66. The largest absolute Gasteiger partial charge is 0.346 e. The SMILES string of the molecule is CC(C)C(C=O)NC(=O)Cc1ccc(N2C(=O)C=CC2=O)cc1. The molecule has 1 N–H and O–H groups in total. The molecule has 0 bridgehead atoms. The highest BCUT2D eigenvalue weighted by Crippen LogP contribution is 2.19. The summed E-state index contributed by atoms with van der Waals surface area (Å²) in [6, 6.07) is 6.08. The quantitative estimate of drug-likeness (QED) is 0.627. The van der Waals surface area contributed by atoms with E-state index in [9.17, 15) is 19.2 Å². The first-order valence-corrected chi connectivity index (χ1v) is 7.32. The molecule has 0 radical (unpaired) electrons. The normalized spacial score (nSPS) is 15.2. The molecule has 1 atom stereocenters. The van der Waals surface area contributed by atoms with Gasteiger partial charge in [0.2, 0.25) is 5.91 Å². The van der Waals surface area contributed by atoms with Gasteiger partial charge in [-0.1, -0.05) is 26.0 Å². The maximum absolute atomic E-state index is 11.9. The van der Waals surface area contributed by atoms with Crippen molar-refractivity contribution >= 4 is 29.7 Å². The molecule has 3 amide bonds. The van der Waals surface area contributed by atoms with Crippen molar-refractivity contribution in [2.45, 2.75) is 26.3 Å². The van der Waals surface area contributed by atoms with Crippen LogP contribution in [0, 0.1) is 5.92 Å². The number of nitrogens with zero attached hydrogens (tertiary/aromatic N) is 1. The maximum atomic E-state index is 11.9. The van der Waals surface area contributed by atoms with Crippen LogP contribution in [0.5, 0.6) is 0 Å². The molecule has 1 unspecified atom stereocenters. The maximum Gasteiger partial charge on any atom is 0.258 e. The van der Waals surface area contributed by atoms with E-state index >= 15 is 0 Å². The summed E-state index contributed by atoms with van der Waals surface area (Å²) < 4.78 is 0. The lowest BCUT2D eigenvalue weighted by molar-refractivity contribution is -0.124. The zero-order valence-electron chi connectivity index (χ0n) is 13.0. The lowest BCUT2D eigenvalue weighted by atomic mass is 10.1. The predicted octanol–water partition coefficient (Wildman–Crippen LogP) is 0.998. The standard InChI is InChI=1S/C17H18N2O4/c1-11(2)14(10-20)18-15(21)9-12-3-5-13(6-4-12)19-16(22)7-8-17(19)23/h3-8,10-11,14H,9H2,1-2H3,(H,18,21). The molecule has 0 aromatic heterocycles. The second-order valence-electron chi connectivity index (χ2n) is 5.66. The van der Waals surface area contributed by atoms with Gasteiger partial charge in [-0.3, -0.25) is 14.4 Å². The van der Waals surface area contributed by atoms with Crippen molar-refractivity contribution in [1.82, 2.24) is 5.32 Å². The van der Waals surface area contributed by atoms with Crippen LogP contribution in [0.1, 0.15) is 19.4 Å². The number of nitrogens with one attached hydrogen (secondary N) is 1. The van der Waals surface area contributed by atoms with E-state index in [-0.39, 0.29) is 30.1 Å². The van der Waals surface area contributed by atoms with Gasteiger partial charge in [0.15, 0.2) is 0 Å². The number of amides is 3. The van der Waals surface area contributed by atoms with Crippen molar-refractivity contribution in [2.75, 3.05) is 4.90 Å². The predicted molar refractivity (Wildman–Crippen MR) is 84.6 cm³/mol. The first kappa shape index (κ1) is 16.6. The molecule has 6 heteroatoms. The fourth-order valence-electron chi connectivity index (χ4n) is 2.20. The Morgan fingerprint density at radius 3 is 2.17 bits per heavy atom. The minimum Gasteiger partial charge on any atom is -0.346 e. The van der Waals surface area contributed by atoms with Crippen molar-refractivity contribution in [2.24, 2.45) is 5.92 Å². The molecular formula is C17H18N2O4. The topological polar surface area (TPSA) is 83.6 Å². The second kappa shape index (κ2) is 7.00. The fraction of sp³-hybridized carbons (Fsp3) is 0.294. The number of hydrogen-bond donors (Lipinski definition) is 1. The number of anilines is 1. The van der Waals surface area contributed by atoms with Crippen LogP contribution in [0.4, 0.5) is 5.69 Å². The van der Waals surface area contributed by atoms with Crippen LogP contribution >= 0.6 is 0 Å². The summed E-state index contributed by atoms with van der Waals surface area (Å²) in [6.45, 7) is 3.71. The van der Waals surface area contributed by atoms with E-state index in [1.807, 2.05) is 13.8 Å². The molecule has 23 heavy (non-hydrogen) atoms. The fourth-order valence-corrected chi connectivity index (χ4v) is 2.20. The number of hydrogen-bond acceptors (Lipinski definition) is 4. The molecule has 120 valence electrons. The first-order valence-electron chi connectivity index (χ1n) is 7.32. The molecule has 0 aliphatic carbocycles. The summed E-state index contributed by atoms with van der Waals surface area (Å²) in [5.41, 5.74) is 1.19. The minimum absolute atomic E-state index is 0.0264. The number of imide groups is 1. The highest BCUT2D eigenvalue weighted by Gasteiger charge is 2.24. The molecule has 0 fully saturated rings. The van der Waals surface area contributed by atoms with Crippen molar-refractivity contribution < 1.29 is 19.2 Å².